The molecule has 2 rings (SSSR count). The molecule has 0 aliphatic heterocycles. The van der Waals surface area contributed by atoms with Crippen molar-refractivity contribution in [1.29, 1.82) is 5.26 Å². The van der Waals surface area contributed by atoms with Crippen molar-refractivity contribution in [3.05, 3.63) is 66.8 Å². The zero-order chi connectivity index (χ0) is 20.0. The summed E-state index contributed by atoms with van der Waals surface area (Å²) in [6.07, 6.45) is 2.19. The number of benzene rings is 2. The number of nitro benzene ring substituents is 1. The Balaban J connectivity index is 2.33. The number of nitrogens with one attached hydrogen (secondary N) is 1. The summed E-state index contributed by atoms with van der Waals surface area (Å²) < 4.78 is 5.56. The first-order valence-electron chi connectivity index (χ1n) is 7.93. The van der Waals surface area contributed by atoms with Gasteiger partial charge in [0.25, 0.3) is 5.91 Å². The van der Waals surface area contributed by atoms with Crippen LogP contribution < -0.4 is 10.1 Å². The van der Waals surface area contributed by atoms with Gasteiger partial charge in [-0.25, -0.2) is 0 Å². The number of hydrogen-bond acceptors (Lipinski definition) is 5. The molecule has 8 heteroatoms. The molecule has 1 N–H and O–H groups in total. The first-order valence-corrected chi connectivity index (χ1v) is 9.01. The third-order valence-electron chi connectivity index (χ3n) is 3.74. The van der Waals surface area contributed by atoms with E-state index in [1.807, 2.05) is 47.7 Å². The van der Waals surface area contributed by atoms with Crippen LogP contribution in [-0.4, -0.2) is 17.9 Å². The zero-order valence-electron chi connectivity index (χ0n) is 14.7. The highest BCUT2D eigenvalue weighted by molar-refractivity contribution is 14.1. The van der Waals surface area contributed by atoms with Crippen LogP contribution >= 0.6 is 22.6 Å². The van der Waals surface area contributed by atoms with Crippen LogP contribution in [0, 0.1) is 25.0 Å². The fraction of sp³-hybridized carbons (Fsp3) is 0.158. The van der Waals surface area contributed by atoms with Crippen LogP contribution in [0.15, 0.2) is 42.0 Å². The Bertz CT molecular complexity index is 947. The molecule has 0 aliphatic rings. The van der Waals surface area contributed by atoms with Gasteiger partial charge in [-0.05, 0) is 64.4 Å². The van der Waals surface area contributed by atoms with Gasteiger partial charge in [-0.1, -0.05) is 19.1 Å². The second-order valence-corrected chi connectivity index (χ2v) is 6.65. The van der Waals surface area contributed by atoms with Gasteiger partial charge in [0.05, 0.1) is 15.6 Å². The predicted molar refractivity (Wildman–Crippen MR) is 110 cm³/mol. The van der Waals surface area contributed by atoms with Crippen LogP contribution in [0.4, 0.5) is 11.4 Å². The van der Waals surface area contributed by atoms with Crippen LogP contribution in [0.25, 0.3) is 6.08 Å². The van der Waals surface area contributed by atoms with Crippen LogP contribution in [-0.2, 0) is 11.2 Å². The normalized spacial score (nSPS) is 10.8. The predicted octanol–water partition coefficient (Wildman–Crippen LogP) is 4.32. The average molecular weight is 477 g/mol. The van der Waals surface area contributed by atoms with Gasteiger partial charge >= 0.3 is 5.69 Å². The van der Waals surface area contributed by atoms with E-state index in [0.29, 0.717) is 14.8 Å². The number of aryl methyl sites for hydroxylation is 1. The molecule has 0 bridgehead atoms. The summed E-state index contributed by atoms with van der Waals surface area (Å²) in [5.41, 5.74) is 1.66. The van der Waals surface area contributed by atoms with Gasteiger partial charge < -0.3 is 10.1 Å². The molecule has 0 spiro atoms. The van der Waals surface area contributed by atoms with Crippen molar-refractivity contribution in [1.82, 2.24) is 0 Å². The molecular formula is C19H16IN3O4. The second-order valence-electron chi connectivity index (χ2n) is 5.49. The first kappa shape index (κ1) is 20.4. The van der Waals surface area contributed by atoms with Gasteiger partial charge in [0.15, 0.2) is 0 Å². The summed E-state index contributed by atoms with van der Waals surface area (Å²) >= 11 is 1.90. The fourth-order valence-electron chi connectivity index (χ4n) is 2.36. The van der Waals surface area contributed by atoms with Crippen LogP contribution in [0.5, 0.6) is 5.75 Å². The Kier molecular flexibility index (Phi) is 6.90. The lowest BCUT2D eigenvalue weighted by Crippen LogP contribution is -2.13. The largest absolute Gasteiger partial charge is 0.489 e. The lowest BCUT2D eigenvalue weighted by Gasteiger charge is -2.07. The number of anilines is 1. The van der Waals surface area contributed by atoms with Gasteiger partial charge in [0.2, 0.25) is 5.75 Å². The monoisotopic (exact) mass is 477 g/mol. The molecule has 7 nitrogen and oxygen atoms in total. The Morgan fingerprint density at radius 2 is 2.04 bits per heavy atom. The van der Waals surface area contributed by atoms with E-state index in [-0.39, 0.29) is 17.0 Å². The quantitative estimate of drug-likeness (QED) is 0.220. The average Bonchev–Trinajstić information content (AvgIpc) is 2.66. The first-order chi connectivity index (χ1) is 12.9. The summed E-state index contributed by atoms with van der Waals surface area (Å²) in [5.74, 6) is -0.452. The molecule has 0 saturated heterocycles. The van der Waals surface area contributed by atoms with Gasteiger partial charge in [0, 0.05) is 11.8 Å². The van der Waals surface area contributed by atoms with E-state index in [2.05, 4.69) is 5.32 Å². The van der Waals surface area contributed by atoms with E-state index < -0.39 is 10.8 Å². The molecule has 0 heterocycles. The summed E-state index contributed by atoms with van der Waals surface area (Å²) in [6, 6.07) is 12.0. The molecule has 0 atom stereocenters. The van der Waals surface area contributed by atoms with E-state index >= 15 is 0 Å². The van der Waals surface area contributed by atoms with Gasteiger partial charge in [-0.2, -0.15) is 5.26 Å². The number of nitriles is 1. The van der Waals surface area contributed by atoms with E-state index in [0.717, 1.165) is 12.0 Å². The van der Waals surface area contributed by atoms with E-state index in [4.69, 9.17) is 4.74 Å². The van der Waals surface area contributed by atoms with Gasteiger partial charge in [0.1, 0.15) is 11.6 Å². The van der Waals surface area contributed by atoms with Crippen molar-refractivity contribution in [3.63, 3.8) is 0 Å². The van der Waals surface area contributed by atoms with Crippen molar-refractivity contribution in [2.45, 2.75) is 13.3 Å². The number of rotatable bonds is 6. The summed E-state index contributed by atoms with van der Waals surface area (Å²) in [4.78, 5) is 23.0. The highest BCUT2D eigenvalue weighted by Gasteiger charge is 2.20. The Hall–Kier alpha value is -2.93. The summed E-state index contributed by atoms with van der Waals surface area (Å²) in [6.45, 7) is 2.03. The van der Waals surface area contributed by atoms with E-state index in [1.54, 1.807) is 18.2 Å². The molecule has 2 aromatic carbocycles. The molecule has 0 aliphatic carbocycles. The summed E-state index contributed by atoms with van der Waals surface area (Å²) in [7, 11) is 1.35. The van der Waals surface area contributed by atoms with Crippen molar-refractivity contribution in [2.24, 2.45) is 0 Å². The van der Waals surface area contributed by atoms with E-state index in [9.17, 15) is 20.2 Å². The smallest absolute Gasteiger partial charge is 0.312 e. The number of methoxy groups -OCH3 is 1. The lowest BCUT2D eigenvalue weighted by molar-refractivity contribution is -0.385. The highest BCUT2D eigenvalue weighted by atomic mass is 127. The SMILES string of the molecule is CCc1ccc(NC(=O)/C(C#N)=C/c2cc(I)c(OC)c([N+](=O)[O-])c2)cc1. The molecule has 1 amide bonds. The van der Waals surface area contributed by atoms with Crippen molar-refractivity contribution < 1.29 is 14.5 Å². The Labute approximate surface area is 169 Å². The molecule has 27 heavy (non-hydrogen) atoms. The number of nitro groups is 1. The third-order valence-corrected chi connectivity index (χ3v) is 4.54. The second kappa shape index (κ2) is 9.14. The number of hydrogen-bond donors (Lipinski definition) is 1. The van der Waals surface area contributed by atoms with Gasteiger partial charge in [-0.15, -0.1) is 0 Å². The molecule has 0 fully saturated rings. The maximum atomic E-state index is 12.4. The third kappa shape index (κ3) is 5.04. The maximum absolute atomic E-state index is 12.4. The molecule has 0 saturated carbocycles. The fourth-order valence-corrected chi connectivity index (χ4v) is 3.21. The van der Waals surface area contributed by atoms with Gasteiger partial charge in [-0.3, -0.25) is 14.9 Å². The molecule has 2 aromatic rings. The molecular weight excluding hydrogens is 461 g/mol. The summed E-state index contributed by atoms with van der Waals surface area (Å²) in [5, 5.41) is 23.2. The molecule has 0 unspecified atom stereocenters. The lowest BCUT2D eigenvalue weighted by atomic mass is 10.1. The minimum Gasteiger partial charge on any atom is -0.489 e. The number of carbonyl (C=O) groups excluding carboxylic acids is 1. The topological polar surface area (TPSA) is 105 Å². The zero-order valence-corrected chi connectivity index (χ0v) is 16.8. The number of nitrogens with zero attached hydrogens (tertiary/aromatic N) is 2. The number of carbonyl (C=O) groups is 1. The van der Waals surface area contributed by atoms with E-state index in [1.165, 1.54) is 19.3 Å². The van der Waals surface area contributed by atoms with Crippen LogP contribution in [0.1, 0.15) is 18.1 Å². The molecule has 0 radical (unpaired) electrons. The number of halogens is 1. The maximum Gasteiger partial charge on any atom is 0.312 e. The Morgan fingerprint density at radius 3 is 2.56 bits per heavy atom. The highest BCUT2D eigenvalue weighted by Crippen LogP contribution is 2.34. The minimum atomic E-state index is -0.588. The minimum absolute atomic E-state index is 0.136. The number of amides is 1. The van der Waals surface area contributed by atoms with Crippen molar-refractivity contribution in [2.75, 3.05) is 12.4 Å². The standard InChI is InChI=1S/C19H16IN3O4/c1-3-12-4-6-15(7-5-12)22-19(24)14(11-21)8-13-9-16(20)18(27-2)17(10-13)23(25)26/h4-10H,3H2,1-2H3,(H,22,24)/b14-8+. The molecule has 138 valence electrons. The van der Waals surface area contributed by atoms with Crippen molar-refractivity contribution in [3.8, 4) is 11.8 Å². The number of ether oxygens (including phenoxy) is 1. The Morgan fingerprint density at radius 1 is 1.37 bits per heavy atom. The van der Waals surface area contributed by atoms with Crippen molar-refractivity contribution >= 4 is 45.9 Å². The van der Waals surface area contributed by atoms with Crippen LogP contribution in [0.2, 0.25) is 0 Å². The molecule has 0 aromatic heterocycles. The van der Waals surface area contributed by atoms with Crippen LogP contribution in [0.3, 0.4) is 0 Å².